The van der Waals surface area contributed by atoms with Crippen LogP contribution in [0.15, 0.2) is 0 Å². The highest BCUT2D eigenvalue weighted by molar-refractivity contribution is 5.80. The molecule has 0 spiro atoms. The number of nitrogens with one attached hydrogen (secondary N) is 2. The van der Waals surface area contributed by atoms with E-state index < -0.39 is 0 Å². The van der Waals surface area contributed by atoms with Crippen LogP contribution in [0.4, 0.5) is 0 Å². The molecule has 2 amide bonds. The molecule has 2 aliphatic rings. The van der Waals surface area contributed by atoms with Crippen LogP contribution in [0.25, 0.3) is 0 Å². The van der Waals surface area contributed by atoms with E-state index in [0.717, 1.165) is 32.5 Å². The number of hydrogen-bond donors (Lipinski definition) is 2. The second-order valence-corrected chi connectivity index (χ2v) is 5.60. The van der Waals surface area contributed by atoms with E-state index in [0.29, 0.717) is 13.2 Å². The molecule has 0 radical (unpaired) electrons. The van der Waals surface area contributed by atoms with Gasteiger partial charge in [-0.3, -0.25) is 9.59 Å². The first kappa shape index (κ1) is 15.3. The Labute approximate surface area is 120 Å². The van der Waals surface area contributed by atoms with Gasteiger partial charge in [0.05, 0.1) is 19.1 Å². The lowest BCUT2D eigenvalue weighted by Crippen LogP contribution is -2.50. The molecule has 2 saturated heterocycles. The van der Waals surface area contributed by atoms with Gasteiger partial charge in [0.15, 0.2) is 0 Å². The Morgan fingerprint density at radius 1 is 1.25 bits per heavy atom. The minimum atomic E-state index is -0.0965. The van der Waals surface area contributed by atoms with Crippen LogP contribution in [-0.4, -0.2) is 61.6 Å². The van der Waals surface area contributed by atoms with Crippen LogP contribution in [0.2, 0.25) is 0 Å². The van der Waals surface area contributed by atoms with Crippen LogP contribution >= 0.6 is 0 Å². The van der Waals surface area contributed by atoms with Gasteiger partial charge in [0, 0.05) is 32.1 Å². The maximum Gasteiger partial charge on any atom is 0.227 e. The first-order valence-corrected chi connectivity index (χ1v) is 7.48. The highest BCUT2D eigenvalue weighted by atomic mass is 16.5. The summed E-state index contributed by atoms with van der Waals surface area (Å²) in [5, 5.41) is 6.41. The summed E-state index contributed by atoms with van der Waals surface area (Å²) in [6.07, 6.45) is 1.68. The standard InChI is InChI=1S/C14H25N3O3/c1-3-15-13-9-20-8-12(13)14(19)16-11-4-6-17(7-5-11)10(2)18/h11-13,15H,3-9H2,1-2H3,(H,16,19). The number of amides is 2. The van der Waals surface area contributed by atoms with E-state index in [1.165, 1.54) is 0 Å². The number of likely N-dealkylation sites (N-methyl/N-ethyl adjacent to an activating group) is 1. The normalized spacial score (nSPS) is 27.6. The average Bonchev–Trinajstić information content (AvgIpc) is 2.88. The summed E-state index contributed by atoms with van der Waals surface area (Å²) in [5.41, 5.74) is 0. The molecule has 2 heterocycles. The molecule has 2 N–H and O–H groups in total. The number of hydrogen-bond acceptors (Lipinski definition) is 4. The number of piperidine rings is 1. The second-order valence-electron chi connectivity index (χ2n) is 5.60. The van der Waals surface area contributed by atoms with Crippen molar-refractivity contribution < 1.29 is 14.3 Å². The minimum Gasteiger partial charge on any atom is -0.379 e. The molecule has 2 atom stereocenters. The molecule has 6 heteroatoms. The molecular weight excluding hydrogens is 258 g/mol. The zero-order chi connectivity index (χ0) is 14.5. The van der Waals surface area contributed by atoms with Crippen molar-refractivity contribution in [2.75, 3.05) is 32.8 Å². The first-order valence-electron chi connectivity index (χ1n) is 7.48. The number of carbonyl (C=O) groups is 2. The smallest absolute Gasteiger partial charge is 0.227 e. The highest BCUT2D eigenvalue weighted by Crippen LogP contribution is 2.16. The molecule has 20 heavy (non-hydrogen) atoms. The van der Waals surface area contributed by atoms with E-state index in [-0.39, 0.29) is 29.8 Å². The fourth-order valence-electron chi connectivity index (χ4n) is 2.92. The second kappa shape index (κ2) is 7.04. The Morgan fingerprint density at radius 2 is 1.95 bits per heavy atom. The van der Waals surface area contributed by atoms with Crippen molar-refractivity contribution in [3.63, 3.8) is 0 Å². The van der Waals surface area contributed by atoms with E-state index in [2.05, 4.69) is 10.6 Å². The van der Waals surface area contributed by atoms with Gasteiger partial charge in [-0.1, -0.05) is 6.92 Å². The molecular formula is C14H25N3O3. The summed E-state index contributed by atoms with van der Waals surface area (Å²) in [6, 6.07) is 0.304. The van der Waals surface area contributed by atoms with Gasteiger partial charge in [0.1, 0.15) is 0 Å². The summed E-state index contributed by atoms with van der Waals surface area (Å²) < 4.78 is 5.40. The monoisotopic (exact) mass is 283 g/mol. The fourth-order valence-corrected chi connectivity index (χ4v) is 2.92. The van der Waals surface area contributed by atoms with Gasteiger partial charge in [-0.25, -0.2) is 0 Å². The van der Waals surface area contributed by atoms with E-state index in [1.54, 1.807) is 6.92 Å². The van der Waals surface area contributed by atoms with Crippen molar-refractivity contribution in [2.24, 2.45) is 5.92 Å². The van der Waals surface area contributed by atoms with Crippen molar-refractivity contribution in [1.29, 1.82) is 0 Å². The lowest BCUT2D eigenvalue weighted by atomic mass is 10.00. The zero-order valence-electron chi connectivity index (χ0n) is 12.4. The van der Waals surface area contributed by atoms with Crippen molar-refractivity contribution in [2.45, 2.75) is 38.8 Å². The Bertz CT molecular complexity index is 354. The SMILES string of the molecule is CCNC1COCC1C(=O)NC1CCN(C(C)=O)CC1. The minimum absolute atomic E-state index is 0.0784. The number of likely N-dealkylation sites (tertiary alicyclic amines) is 1. The summed E-state index contributed by atoms with van der Waals surface area (Å²) in [7, 11) is 0. The molecule has 2 aliphatic heterocycles. The lowest BCUT2D eigenvalue weighted by Gasteiger charge is -2.32. The predicted molar refractivity (Wildman–Crippen MR) is 75.2 cm³/mol. The maximum atomic E-state index is 12.3. The molecule has 6 nitrogen and oxygen atoms in total. The van der Waals surface area contributed by atoms with Crippen LogP contribution in [0, 0.1) is 5.92 Å². The first-order chi connectivity index (χ1) is 9.61. The van der Waals surface area contributed by atoms with Crippen molar-refractivity contribution in [3.8, 4) is 0 Å². The summed E-state index contributed by atoms with van der Waals surface area (Å²) >= 11 is 0. The number of nitrogens with zero attached hydrogens (tertiary/aromatic N) is 1. The van der Waals surface area contributed by atoms with Crippen molar-refractivity contribution in [3.05, 3.63) is 0 Å². The molecule has 2 rings (SSSR count). The van der Waals surface area contributed by atoms with Crippen molar-refractivity contribution in [1.82, 2.24) is 15.5 Å². The van der Waals surface area contributed by atoms with E-state index >= 15 is 0 Å². The molecule has 0 saturated carbocycles. The molecule has 0 bridgehead atoms. The summed E-state index contributed by atoms with van der Waals surface area (Å²) in [5.74, 6) is 0.0988. The third-order valence-electron chi connectivity index (χ3n) is 4.17. The van der Waals surface area contributed by atoms with E-state index in [9.17, 15) is 9.59 Å². The number of rotatable bonds is 4. The van der Waals surface area contributed by atoms with Gasteiger partial charge in [-0.2, -0.15) is 0 Å². The Kier molecular flexibility index (Phi) is 5.37. The molecule has 2 fully saturated rings. The third kappa shape index (κ3) is 3.70. The van der Waals surface area contributed by atoms with Crippen LogP contribution in [0.1, 0.15) is 26.7 Å². The van der Waals surface area contributed by atoms with Gasteiger partial charge >= 0.3 is 0 Å². The van der Waals surface area contributed by atoms with Gasteiger partial charge in [0.2, 0.25) is 11.8 Å². The fraction of sp³-hybridized carbons (Fsp3) is 0.857. The Morgan fingerprint density at radius 3 is 2.55 bits per heavy atom. The third-order valence-corrected chi connectivity index (χ3v) is 4.17. The largest absolute Gasteiger partial charge is 0.379 e. The average molecular weight is 283 g/mol. The van der Waals surface area contributed by atoms with Gasteiger partial charge in [-0.05, 0) is 19.4 Å². The quantitative estimate of drug-likeness (QED) is 0.746. The molecule has 114 valence electrons. The van der Waals surface area contributed by atoms with Crippen LogP contribution in [-0.2, 0) is 14.3 Å². The van der Waals surface area contributed by atoms with Crippen molar-refractivity contribution >= 4 is 11.8 Å². The van der Waals surface area contributed by atoms with Gasteiger partial charge in [0.25, 0.3) is 0 Å². The van der Waals surface area contributed by atoms with Gasteiger partial charge in [-0.15, -0.1) is 0 Å². The molecule has 0 aromatic carbocycles. The Balaban J connectivity index is 1.79. The van der Waals surface area contributed by atoms with Gasteiger partial charge < -0.3 is 20.3 Å². The molecule has 2 unspecified atom stereocenters. The number of ether oxygens (including phenoxy) is 1. The van der Waals surface area contributed by atoms with Crippen LogP contribution in [0.5, 0.6) is 0 Å². The topological polar surface area (TPSA) is 70.7 Å². The summed E-state index contributed by atoms with van der Waals surface area (Å²) in [6.45, 7) is 7.04. The van der Waals surface area contributed by atoms with E-state index in [4.69, 9.17) is 4.74 Å². The van der Waals surface area contributed by atoms with E-state index in [1.807, 2.05) is 11.8 Å². The lowest BCUT2D eigenvalue weighted by molar-refractivity contribution is -0.130. The van der Waals surface area contributed by atoms with Crippen LogP contribution in [0.3, 0.4) is 0 Å². The predicted octanol–water partition coefficient (Wildman–Crippen LogP) is -0.262. The maximum absolute atomic E-state index is 12.3. The Hall–Kier alpha value is -1.14. The van der Waals surface area contributed by atoms with Crippen LogP contribution < -0.4 is 10.6 Å². The molecule has 0 aliphatic carbocycles. The summed E-state index contributed by atoms with van der Waals surface area (Å²) in [4.78, 5) is 25.4. The molecule has 0 aromatic heterocycles. The number of carbonyl (C=O) groups excluding carboxylic acids is 2. The molecule has 0 aromatic rings. The highest BCUT2D eigenvalue weighted by Gasteiger charge is 2.34. The zero-order valence-corrected chi connectivity index (χ0v) is 12.4.